The van der Waals surface area contributed by atoms with Crippen LogP contribution in [0, 0.1) is 17.0 Å². The number of hydrogen-bond donors (Lipinski definition) is 1. The molecule has 0 saturated carbocycles. The summed E-state index contributed by atoms with van der Waals surface area (Å²) in [6.07, 6.45) is 0. The third kappa shape index (κ3) is 2.07. The lowest BCUT2D eigenvalue weighted by Gasteiger charge is -2.04. The number of hydrogen-bond acceptors (Lipinski definition) is 3. The van der Waals surface area contributed by atoms with Crippen LogP contribution in [0.25, 0.3) is 0 Å². The lowest BCUT2D eigenvalue weighted by atomic mass is 10.1. The molecule has 0 aliphatic carbocycles. The quantitative estimate of drug-likeness (QED) is 0.576. The van der Waals surface area contributed by atoms with Crippen LogP contribution in [0.15, 0.2) is 18.2 Å². The van der Waals surface area contributed by atoms with Crippen LogP contribution in [0.4, 0.5) is 11.4 Å². The fourth-order valence-corrected chi connectivity index (χ4v) is 1.19. The maximum Gasteiger partial charge on any atom is 0.295 e. The van der Waals surface area contributed by atoms with Crippen LogP contribution in [0.3, 0.4) is 0 Å². The summed E-state index contributed by atoms with van der Waals surface area (Å²) >= 11 is 0. The Hall–Kier alpha value is -1.91. The molecule has 0 saturated heterocycles. The molecule has 0 fully saturated rings. The molecule has 0 atom stereocenters. The first-order valence-corrected chi connectivity index (χ1v) is 4.04. The van der Waals surface area contributed by atoms with E-state index < -0.39 is 4.92 Å². The van der Waals surface area contributed by atoms with Crippen molar-refractivity contribution in [3.8, 4) is 0 Å². The molecular weight excluding hydrogens is 184 g/mol. The average molecular weight is 194 g/mol. The number of nitrogens with one attached hydrogen (secondary N) is 1. The van der Waals surface area contributed by atoms with Crippen LogP contribution in [0.2, 0.25) is 0 Å². The van der Waals surface area contributed by atoms with Crippen LogP contribution >= 0.6 is 0 Å². The highest BCUT2D eigenvalue weighted by Gasteiger charge is 2.16. The van der Waals surface area contributed by atoms with Gasteiger partial charge in [0.2, 0.25) is 5.91 Å². The van der Waals surface area contributed by atoms with E-state index in [0.29, 0.717) is 5.56 Å². The minimum atomic E-state index is -0.499. The number of carbonyl (C=O) groups is 1. The van der Waals surface area contributed by atoms with Crippen molar-refractivity contribution in [2.24, 2.45) is 0 Å². The Bertz CT molecular complexity index is 388. The number of carbonyl (C=O) groups excluding carboxylic acids is 1. The summed E-state index contributed by atoms with van der Waals surface area (Å²) in [6, 6.07) is 4.80. The van der Waals surface area contributed by atoms with E-state index in [9.17, 15) is 14.9 Å². The van der Waals surface area contributed by atoms with Crippen LogP contribution in [0.5, 0.6) is 0 Å². The molecule has 74 valence electrons. The van der Waals surface area contributed by atoms with Gasteiger partial charge in [-0.05, 0) is 13.0 Å². The summed E-state index contributed by atoms with van der Waals surface area (Å²) < 4.78 is 0. The highest BCUT2D eigenvalue weighted by atomic mass is 16.6. The molecule has 0 heterocycles. The molecule has 0 aromatic heterocycles. The largest absolute Gasteiger partial charge is 0.321 e. The van der Waals surface area contributed by atoms with Crippen LogP contribution in [-0.4, -0.2) is 10.8 Å². The summed E-state index contributed by atoms with van der Waals surface area (Å²) in [4.78, 5) is 20.9. The Morgan fingerprint density at radius 2 is 2.14 bits per heavy atom. The van der Waals surface area contributed by atoms with E-state index in [1.54, 1.807) is 19.1 Å². The molecule has 1 rings (SSSR count). The van der Waals surface area contributed by atoms with Crippen molar-refractivity contribution in [3.05, 3.63) is 33.9 Å². The predicted molar refractivity (Wildman–Crippen MR) is 52.1 cm³/mol. The second-order valence-electron chi connectivity index (χ2n) is 2.91. The van der Waals surface area contributed by atoms with Gasteiger partial charge in [-0.2, -0.15) is 0 Å². The summed E-state index contributed by atoms with van der Waals surface area (Å²) in [6.45, 7) is 2.94. The average Bonchev–Trinajstić information content (AvgIpc) is 2.01. The second-order valence-corrected chi connectivity index (χ2v) is 2.91. The fraction of sp³-hybridized carbons (Fsp3) is 0.222. The maximum absolute atomic E-state index is 10.8. The number of benzene rings is 1. The first kappa shape index (κ1) is 10.2. The summed E-state index contributed by atoms with van der Waals surface area (Å²) in [7, 11) is 0. The Morgan fingerprint density at radius 1 is 1.50 bits per heavy atom. The van der Waals surface area contributed by atoms with Gasteiger partial charge in [0.25, 0.3) is 5.69 Å². The molecule has 14 heavy (non-hydrogen) atoms. The maximum atomic E-state index is 10.8. The van der Waals surface area contributed by atoms with Crippen molar-refractivity contribution < 1.29 is 9.72 Å². The first-order chi connectivity index (χ1) is 6.52. The monoisotopic (exact) mass is 194 g/mol. The standard InChI is InChI=1S/C9H10N2O3/c1-6-4-3-5-8(10-7(2)12)9(6)11(13)14/h3-5H,1-2H3,(H,10,12). The van der Waals surface area contributed by atoms with E-state index in [-0.39, 0.29) is 17.3 Å². The molecule has 0 bridgehead atoms. The SMILES string of the molecule is CC(=O)Nc1cccc(C)c1[N+](=O)[O-]. The Balaban J connectivity index is 3.21. The third-order valence-electron chi connectivity index (χ3n) is 1.73. The van der Waals surface area contributed by atoms with Crippen molar-refractivity contribution in [1.29, 1.82) is 0 Å². The van der Waals surface area contributed by atoms with E-state index >= 15 is 0 Å². The van der Waals surface area contributed by atoms with Gasteiger partial charge in [0.15, 0.2) is 0 Å². The highest BCUT2D eigenvalue weighted by molar-refractivity contribution is 5.91. The first-order valence-electron chi connectivity index (χ1n) is 4.04. The van der Waals surface area contributed by atoms with Gasteiger partial charge >= 0.3 is 0 Å². The number of nitrogens with zero attached hydrogens (tertiary/aromatic N) is 1. The van der Waals surface area contributed by atoms with Gasteiger partial charge < -0.3 is 5.32 Å². The molecule has 5 nitrogen and oxygen atoms in total. The third-order valence-corrected chi connectivity index (χ3v) is 1.73. The van der Waals surface area contributed by atoms with Gasteiger partial charge in [0.1, 0.15) is 5.69 Å². The molecule has 0 unspecified atom stereocenters. The van der Waals surface area contributed by atoms with E-state index in [4.69, 9.17) is 0 Å². The molecule has 0 spiro atoms. The summed E-state index contributed by atoms with van der Waals surface area (Å²) in [5.74, 6) is -0.321. The predicted octanol–water partition coefficient (Wildman–Crippen LogP) is 1.86. The molecule has 0 radical (unpaired) electrons. The number of nitro benzene ring substituents is 1. The van der Waals surface area contributed by atoms with Crippen LogP contribution in [-0.2, 0) is 4.79 Å². The zero-order chi connectivity index (χ0) is 10.7. The van der Waals surface area contributed by atoms with Gasteiger partial charge in [0, 0.05) is 12.5 Å². The van der Waals surface area contributed by atoms with E-state index in [2.05, 4.69) is 5.32 Å². The Kier molecular flexibility index (Phi) is 2.81. The molecule has 1 aromatic rings. The molecule has 1 N–H and O–H groups in total. The lowest BCUT2D eigenvalue weighted by Crippen LogP contribution is -2.08. The molecule has 5 heteroatoms. The molecule has 0 aliphatic heterocycles. The minimum Gasteiger partial charge on any atom is -0.321 e. The summed E-state index contributed by atoms with van der Waals surface area (Å²) in [5.41, 5.74) is 0.714. The normalized spacial score (nSPS) is 9.57. The zero-order valence-electron chi connectivity index (χ0n) is 7.90. The Morgan fingerprint density at radius 3 is 2.64 bits per heavy atom. The number of amides is 1. The van der Waals surface area contributed by atoms with Crippen LogP contribution < -0.4 is 5.32 Å². The molecular formula is C9H10N2O3. The number of nitro groups is 1. The Labute approximate surface area is 80.9 Å². The molecule has 1 amide bonds. The topological polar surface area (TPSA) is 72.2 Å². The number of aryl methyl sites for hydroxylation is 1. The van der Waals surface area contributed by atoms with Gasteiger partial charge in [-0.25, -0.2) is 0 Å². The molecule has 0 aliphatic rings. The minimum absolute atomic E-state index is 0.0531. The van der Waals surface area contributed by atoms with Gasteiger partial charge in [0.05, 0.1) is 4.92 Å². The van der Waals surface area contributed by atoms with Crippen molar-refractivity contribution >= 4 is 17.3 Å². The fourth-order valence-electron chi connectivity index (χ4n) is 1.19. The van der Waals surface area contributed by atoms with E-state index in [1.807, 2.05) is 0 Å². The summed E-state index contributed by atoms with van der Waals surface area (Å²) in [5, 5.41) is 13.1. The van der Waals surface area contributed by atoms with Gasteiger partial charge in [-0.15, -0.1) is 0 Å². The lowest BCUT2D eigenvalue weighted by molar-refractivity contribution is -0.384. The highest BCUT2D eigenvalue weighted by Crippen LogP contribution is 2.27. The van der Waals surface area contributed by atoms with Crippen molar-refractivity contribution in [3.63, 3.8) is 0 Å². The zero-order valence-corrected chi connectivity index (χ0v) is 7.90. The smallest absolute Gasteiger partial charge is 0.295 e. The van der Waals surface area contributed by atoms with E-state index in [1.165, 1.54) is 13.0 Å². The van der Waals surface area contributed by atoms with Crippen molar-refractivity contribution in [2.45, 2.75) is 13.8 Å². The van der Waals surface area contributed by atoms with Crippen molar-refractivity contribution in [1.82, 2.24) is 0 Å². The van der Waals surface area contributed by atoms with E-state index in [0.717, 1.165) is 0 Å². The van der Waals surface area contributed by atoms with Crippen molar-refractivity contribution in [2.75, 3.05) is 5.32 Å². The second kappa shape index (κ2) is 3.87. The number of para-hydroxylation sites is 1. The van der Waals surface area contributed by atoms with Gasteiger partial charge in [-0.3, -0.25) is 14.9 Å². The number of anilines is 1. The van der Waals surface area contributed by atoms with Gasteiger partial charge in [-0.1, -0.05) is 12.1 Å². The number of rotatable bonds is 2. The van der Waals surface area contributed by atoms with Crippen LogP contribution in [0.1, 0.15) is 12.5 Å². The molecule has 1 aromatic carbocycles.